The number of para-hydroxylation sites is 1. The molecular formula is C18H22N4O2S. The number of nitrogens with zero attached hydrogens (tertiary/aromatic N) is 3. The Morgan fingerprint density at radius 2 is 2.04 bits per heavy atom. The lowest BCUT2D eigenvalue weighted by atomic mass is 10.0. The van der Waals surface area contributed by atoms with Crippen LogP contribution >= 0.6 is 11.8 Å². The number of carbonyl (C=O) groups is 1. The number of nitrogens with one attached hydrogen (secondary N) is 1. The lowest BCUT2D eigenvalue weighted by Crippen LogP contribution is -2.39. The number of ether oxygens (including phenoxy) is 1. The maximum atomic E-state index is 11.2. The summed E-state index contributed by atoms with van der Waals surface area (Å²) in [6.07, 6.45) is 5.57. The van der Waals surface area contributed by atoms with Crippen molar-refractivity contribution < 1.29 is 9.53 Å². The quantitative estimate of drug-likeness (QED) is 0.629. The van der Waals surface area contributed by atoms with Crippen LogP contribution in [0.5, 0.6) is 0 Å². The molecule has 1 aliphatic heterocycles. The van der Waals surface area contributed by atoms with Crippen molar-refractivity contribution in [3.8, 4) is 0 Å². The summed E-state index contributed by atoms with van der Waals surface area (Å²) in [5, 5.41) is 4.33. The maximum Gasteiger partial charge on any atom is 0.316 e. The largest absolute Gasteiger partial charge is 0.468 e. The van der Waals surface area contributed by atoms with E-state index in [9.17, 15) is 4.79 Å². The first-order valence-electron chi connectivity index (χ1n) is 8.33. The molecule has 0 bridgehead atoms. The van der Waals surface area contributed by atoms with E-state index in [1.165, 1.54) is 24.6 Å². The molecule has 2 aromatic rings. The van der Waals surface area contributed by atoms with Crippen LogP contribution in [0.1, 0.15) is 12.8 Å². The first kappa shape index (κ1) is 17.5. The van der Waals surface area contributed by atoms with Gasteiger partial charge in [0, 0.05) is 24.8 Å². The summed E-state index contributed by atoms with van der Waals surface area (Å²) < 4.78 is 4.65. The second-order valence-electron chi connectivity index (χ2n) is 5.85. The van der Waals surface area contributed by atoms with Crippen LogP contribution in [0.4, 0.5) is 11.5 Å². The highest BCUT2D eigenvalue weighted by Gasteiger charge is 2.20. The van der Waals surface area contributed by atoms with Gasteiger partial charge in [0.25, 0.3) is 0 Å². The third-order valence-corrected chi connectivity index (χ3v) is 5.00. The second-order valence-corrected chi connectivity index (χ2v) is 6.85. The Bertz CT molecular complexity index is 690. The van der Waals surface area contributed by atoms with Gasteiger partial charge in [0.15, 0.2) is 0 Å². The molecule has 3 rings (SSSR count). The van der Waals surface area contributed by atoms with Crippen molar-refractivity contribution in [3.05, 3.63) is 42.7 Å². The summed E-state index contributed by atoms with van der Waals surface area (Å²) in [4.78, 5) is 22.4. The van der Waals surface area contributed by atoms with Crippen LogP contribution in [0.2, 0.25) is 0 Å². The Balaban J connectivity index is 1.53. The minimum Gasteiger partial charge on any atom is -0.468 e. The van der Waals surface area contributed by atoms with Gasteiger partial charge >= 0.3 is 5.97 Å². The number of piperidine rings is 1. The molecule has 0 saturated carbocycles. The normalized spacial score (nSPS) is 15.0. The molecule has 0 spiro atoms. The maximum absolute atomic E-state index is 11.2. The fourth-order valence-corrected chi connectivity index (χ4v) is 3.45. The Kier molecular flexibility index (Phi) is 6.11. The number of rotatable bonds is 6. The number of aromatic nitrogens is 2. The number of hydrogen-bond acceptors (Lipinski definition) is 7. The fraction of sp³-hybridized carbons (Fsp3) is 0.389. The SMILES string of the molecule is COC(=O)CSc1cncc(N2CCC(Nc3ccccc3)CC2)n1. The monoisotopic (exact) mass is 358 g/mol. The van der Waals surface area contributed by atoms with Gasteiger partial charge in [-0.25, -0.2) is 4.98 Å². The van der Waals surface area contributed by atoms with E-state index in [2.05, 4.69) is 37.1 Å². The van der Waals surface area contributed by atoms with Crippen molar-refractivity contribution in [2.45, 2.75) is 23.9 Å². The molecule has 0 radical (unpaired) electrons. The van der Waals surface area contributed by atoms with Gasteiger partial charge in [-0.2, -0.15) is 0 Å². The minimum atomic E-state index is -0.259. The summed E-state index contributed by atoms with van der Waals surface area (Å²) in [7, 11) is 1.39. The van der Waals surface area contributed by atoms with Gasteiger partial charge in [-0.3, -0.25) is 9.78 Å². The highest BCUT2D eigenvalue weighted by molar-refractivity contribution is 7.99. The van der Waals surface area contributed by atoms with Gasteiger partial charge in [0.1, 0.15) is 10.8 Å². The average Bonchev–Trinajstić information content (AvgIpc) is 2.68. The summed E-state index contributed by atoms with van der Waals surface area (Å²) in [5.74, 6) is 0.857. The first-order valence-corrected chi connectivity index (χ1v) is 9.31. The summed E-state index contributed by atoms with van der Waals surface area (Å²) in [6.45, 7) is 1.87. The Morgan fingerprint density at radius 1 is 1.28 bits per heavy atom. The van der Waals surface area contributed by atoms with Crippen molar-refractivity contribution in [3.63, 3.8) is 0 Å². The van der Waals surface area contributed by atoms with Gasteiger partial charge in [0.2, 0.25) is 0 Å². The molecule has 0 amide bonds. The Hall–Kier alpha value is -2.28. The van der Waals surface area contributed by atoms with Gasteiger partial charge < -0.3 is 15.0 Å². The number of benzene rings is 1. The predicted molar refractivity (Wildman–Crippen MR) is 100 cm³/mol. The van der Waals surface area contributed by atoms with E-state index in [1.807, 2.05) is 18.2 Å². The lowest BCUT2D eigenvalue weighted by molar-refractivity contribution is -0.137. The predicted octanol–water partition coefficient (Wildman–Crippen LogP) is 2.82. The Morgan fingerprint density at radius 3 is 2.76 bits per heavy atom. The topological polar surface area (TPSA) is 67.3 Å². The van der Waals surface area contributed by atoms with E-state index < -0.39 is 0 Å². The van der Waals surface area contributed by atoms with E-state index in [4.69, 9.17) is 0 Å². The lowest BCUT2D eigenvalue weighted by Gasteiger charge is -2.33. The standard InChI is InChI=1S/C18H22N4O2S/c1-24-18(23)13-25-17-12-19-11-16(21-17)22-9-7-15(8-10-22)20-14-5-3-2-4-6-14/h2-6,11-12,15,20H,7-10,13H2,1H3. The zero-order chi connectivity index (χ0) is 17.5. The third-order valence-electron chi connectivity index (χ3n) is 4.13. The van der Waals surface area contributed by atoms with E-state index in [0.29, 0.717) is 6.04 Å². The molecular weight excluding hydrogens is 336 g/mol. The highest BCUT2D eigenvalue weighted by Crippen LogP contribution is 2.22. The number of hydrogen-bond donors (Lipinski definition) is 1. The number of methoxy groups -OCH3 is 1. The number of carbonyl (C=O) groups excluding carboxylic acids is 1. The zero-order valence-electron chi connectivity index (χ0n) is 14.2. The summed E-state index contributed by atoms with van der Waals surface area (Å²) >= 11 is 1.35. The van der Waals surface area contributed by atoms with Crippen molar-refractivity contribution in [2.24, 2.45) is 0 Å². The van der Waals surface area contributed by atoms with E-state index in [0.717, 1.165) is 36.8 Å². The molecule has 25 heavy (non-hydrogen) atoms. The third kappa shape index (κ3) is 5.09. The van der Waals surface area contributed by atoms with Crippen LogP contribution in [0.3, 0.4) is 0 Å². The van der Waals surface area contributed by atoms with Gasteiger partial charge in [0.05, 0.1) is 25.3 Å². The number of thioether (sulfide) groups is 1. The average molecular weight is 358 g/mol. The van der Waals surface area contributed by atoms with E-state index >= 15 is 0 Å². The minimum absolute atomic E-state index is 0.248. The molecule has 1 aromatic carbocycles. The van der Waals surface area contributed by atoms with Crippen molar-refractivity contribution in [1.82, 2.24) is 9.97 Å². The molecule has 1 N–H and O–H groups in total. The van der Waals surface area contributed by atoms with Gasteiger partial charge in [-0.15, -0.1) is 0 Å². The van der Waals surface area contributed by atoms with Crippen molar-refractivity contribution in [2.75, 3.05) is 36.2 Å². The summed E-state index contributed by atoms with van der Waals surface area (Å²) in [6, 6.07) is 10.8. The fourth-order valence-electron chi connectivity index (χ4n) is 2.78. The van der Waals surface area contributed by atoms with Crippen LogP contribution in [0.25, 0.3) is 0 Å². The van der Waals surface area contributed by atoms with Crippen LogP contribution in [-0.2, 0) is 9.53 Å². The molecule has 7 heteroatoms. The van der Waals surface area contributed by atoms with Crippen LogP contribution < -0.4 is 10.2 Å². The molecule has 0 aliphatic carbocycles. The smallest absolute Gasteiger partial charge is 0.316 e. The highest BCUT2D eigenvalue weighted by atomic mass is 32.2. The molecule has 132 valence electrons. The zero-order valence-corrected chi connectivity index (χ0v) is 15.0. The van der Waals surface area contributed by atoms with Crippen molar-refractivity contribution in [1.29, 1.82) is 0 Å². The molecule has 2 heterocycles. The Labute approximate surface area is 152 Å². The summed E-state index contributed by atoms with van der Waals surface area (Å²) in [5.41, 5.74) is 1.17. The van der Waals surface area contributed by atoms with Crippen LogP contribution in [0.15, 0.2) is 47.8 Å². The van der Waals surface area contributed by atoms with Crippen LogP contribution in [0, 0.1) is 0 Å². The van der Waals surface area contributed by atoms with Crippen LogP contribution in [-0.4, -0.2) is 47.9 Å². The van der Waals surface area contributed by atoms with Gasteiger partial charge in [-0.1, -0.05) is 30.0 Å². The molecule has 1 aromatic heterocycles. The molecule has 1 aliphatic rings. The molecule has 1 saturated heterocycles. The molecule has 0 atom stereocenters. The molecule has 6 nitrogen and oxygen atoms in total. The second kappa shape index (κ2) is 8.71. The van der Waals surface area contributed by atoms with Gasteiger partial charge in [-0.05, 0) is 25.0 Å². The molecule has 1 fully saturated rings. The number of esters is 1. The van der Waals surface area contributed by atoms with Crippen molar-refractivity contribution >= 4 is 29.2 Å². The van der Waals surface area contributed by atoms with E-state index in [-0.39, 0.29) is 11.7 Å². The molecule has 0 unspecified atom stereocenters. The first-order chi connectivity index (χ1) is 12.2. The number of anilines is 2. The van der Waals surface area contributed by atoms with E-state index in [1.54, 1.807) is 12.4 Å².